The SMILES string of the molecule is CNCCC(=O)NC1CC2CC1C1CCCC21. The highest BCUT2D eigenvalue weighted by Gasteiger charge is 2.53. The fourth-order valence-corrected chi connectivity index (χ4v) is 4.75. The Balaban J connectivity index is 1.55. The number of carbonyl (C=O) groups is 1. The summed E-state index contributed by atoms with van der Waals surface area (Å²) in [6.45, 7) is 0.790. The van der Waals surface area contributed by atoms with E-state index in [0.29, 0.717) is 12.5 Å². The van der Waals surface area contributed by atoms with Crippen molar-refractivity contribution in [3.8, 4) is 0 Å². The van der Waals surface area contributed by atoms with Crippen LogP contribution in [0.4, 0.5) is 0 Å². The van der Waals surface area contributed by atoms with Crippen LogP contribution in [0.15, 0.2) is 0 Å². The maximum absolute atomic E-state index is 11.8. The van der Waals surface area contributed by atoms with E-state index in [2.05, 4.69) is 10.6 Å². The molecule has 3 aliphatic rings. The van der Waals surface area contributed by atoms with Crippen molar-refractivity contribution in [2.75, 3.05) is 13.6 Å². The van der Waals surface area contributed by atoms with Gasteiger partial charge in [0.2, 0.25) is 5.91 Å². The fraction of sp³-hybridized carbons (Fsp3) is 0.929. The minimum absolute atomic E-state index is 0.242. The van der Waals surface area contributed by atoms with E-state index >= 15 is 0 Å². The summed E-state index contributed by atoms with van der Waals surface area (Å²) >= 11 is 0. The fourth-order valence-electron chi connectivity index (χ4n) is 4.75. The van der Waals surface area contributed by atoms with Crippen LogP contribution in [0.5, 0.6) is 0 Å². The van der Waals surface area contributed by atoms with Crippen LogP contribution in [-0.2, 0) is 4.79 Å². The second-order valence-electron chi connectivity index (χ2n) is 6.18. The molecular weight excluding hydrogens is 212 g/mol. The Morgan fingerprint density at radius 1 is 1.18 bits per heavy atom. The maximum atomic E-state index is 11.8. The van der Waals surface area contributed by atoms with Gasteiger partial charge in [-0.2, -0.15) is 0 Å². The molecule has 3 saturated carbocycles. The van der Waals surface area contributed by atoms with Gasteiger partial charge in [-0.25, -0.2) is 0 Å². The number of nitrogens with one attached hydrogen (secondary N) is 2. The molecule has 0 aromatic rings. The van der Waals surface area contributed by atoms with E-state index in [1.165, 1.54) is 32.1 Å². The molecule has 0 radical (unpaired) electrons. The summed E-state index contributed by atoms with van der Waals surface area (Å²) in [6, 6.07) is 0.503. The molecule has 0 heterocycles. The van der Waals surface area contributed by atoms with Crippen LogP contribution in [0.2, 0.25) is 0 Å². The summed E-state index contributed by atoms with van der Waals surface area (Å²) in [6.07, 6.45) is 7.60. The minimum atomic E-state index is 0.242. The van der Waals surface area contributed by atoms with Crippen molar-refractivity contribution in [2.24, 2.45) is 23.7 Å². The van der Waals surface area contributed by atoms with Gasteiger partial charge in [0.25, 0.3) is 0 Å². The van der Waals surface area contributed by atoms with Gasteiger partial charge in [0.05, 0.1) is 0 Å². The van der Waals surface area contributed by atoms with E-state index < -0.39 is 0 Å². The van der Waals surface area contributed by atoms with Crippen molar-refractivity contribution in [1.29, 1.82) is 0 Å². The lowest BCUT2D eigenvalue weighted by Crippen LogP contribution is -2.43. The molecule has 3 nitrogen and oxygen atoms in total. The Morgan fingerprint density at radius 3 is 2.82 bits per heavy atom. The van der Waals surface area contributed by atoms with Crippen molar-refractivity contribution in [3.63, 3.8) is 0 Å². The zero-order chi connectivity index (χ0) is 11.8. The molecule has 0 aromatic heterocycles. The van der Waals surface area contributed by atoms with Gasteiger partial charge in [-0.1, -0.05) is 6.42 Å². The molecule has 96 valence electrons. The van der Waals surface area contributed by atoms with Crippen molar-refractivity contribution in [1.82, 2.24) is 10.6 Å². The summed E-state index contributed by atoms with van der Waals surface area (Å²) in [7, 11) is 1.90. The third kappa shape index (κ3) is 1.99. The molecule has 1 amide bonds. The van der Waals surface area contributed by atoms with Crippen LogP contribution in [0.3, 0.4) is 0 Å². The number of hydrogen-bond donors (Lipinski definition) is 2. The normalized spacial score (nSPS) is 42.8. The number of hydrogen-bond acceptors (Lipinski definition) is 2. The van der Waals surface area contributed by atoms with Gasteiger partial charge in [0.15, 0.2) is 0 Å². The number of fused-ring (bicyclic) bond motifs is 5. The summed E-state index contributed by atoms with van der Waals surface area (Å²) in [5.41, 5.74) is 0. The molecule has 5 atom stereocenters. The van der Waals surface area contributed by atoms with Gasteiger partial charge in [0, 0.05) is 19.0 Å². The Morgan fingerprint density at radius 2 is 2.00 bits per heavy atom. The van der Waals surface area contributed by atoms with Crippen molar-refractivity contribution in [2.45, 2.75) is 44.6 Å². The Bertz CT molecular complexity index is 305. The maximum Gasteiger partial charge on any atom is 0.221 e. The van der Waals surface area contributed by atoms with Crippen molar-refractivity contribution < 1.29 is 4.79 Å². The molecule has 5 unspecified atom stereocenters. The molecule has 17 heavy (non-hydrogen) atoms. The molecule has 3 aliphatic carbocycles. The number of rotatable bonds is 4. The third-order valence-electron chi connectivity index (χ3n) is 5.38. The molecule has 3 heteroatoms. The van der Waals surface area contributed by atoms with Gasteiger partial charge in [-0.3, -0.25) is 4.79 Å². The summed E-state index contributed by atoms with van der Waals surface area (Å²) in [5.74, 6) is 3.95. The molecule has 0 saturated heterocycles. The number of amides is 1. The summed E-state index contributed by atoms with van der Waals surface area (Å²) in [5, 5.41) is 6.31. The second-order valence-corrected chi connectivity index (χ2v) is 6.18. The smallest absolute Gasteiger partial charge is 0.221 e. The molecular formula is C14H24N2O. The molecule has 0 spiro atoms. The third-order valence-corrected chi connectivity index (χ3v) is 5.38. The van der Waals surface area contributed by atoms with E-state index in [1.807, 2.05) is 7.05 Å². The first kappa shape index (κ1) is 11.5. The lowest BCUT2D eigenvalue weighted by atomic mass is 9.79. The zero-order valence-corrected chi connectivity index (χ0v) is 10.7. The van der Waals surface area contributed by atoms with E-state index in [1.54, 1.807) is 0 Å². The first-order valence-electron chi connectivity index (χ1n) is 7.23. The monoisotopic (exact) mass is 236 g/mol. The van der Waals surface area contributed by atoms with Gasteiger partial charge >= 0.3 is 0 Å². The van der Waals surface area contributed by atoms with Gasteiger partial charge < -0.3 is 10.6 Å². The lowest BCUT2D eigenvalue weighted by molar-refractivity contribution is -0.122. The summed E-state index contributed by atoms with van der Waals surface area (Å²) in [4.78, 5) is 11.8. The van der Waals surface area contributed by atoms with E-state index in [-0.39, 0.29) is 5.91 Å². The van der Waals surface area contributed by atoms with E-state index in [9.17, 15) is 4.79 Å². The lowest BCUT2D eigenvalue weighted by Gasteiger charge is -2.32. The highest BCUT2D eigenvalue weighted by Crippen LogP contribution is 2.58. The quantitative estimate of drug-likeness (QED) is 0.777. The number of carbonyl (C=O) groups excluding carboxylic acids is 1. The standard InChI is InChI=1S/C14H24N2O/c1-15-6-5-14(17)16-13-8-9-7-12(13)11-4-2-3-10(9)11/h9-13,15H,2-8H2,1H3,(H,16,17). The Hall–Kier alpha value is -0.570. The van der Waals surface area contributed by atoms with Crippen LogP contribution in [0.1, 0.15) is 38.5 Å². The van der Waals surface area contributed by atoms with Crippen LogP contribution < -0.4 is 10.6 Å². The zero-order valence-electron chi connectivity index (χ0n) is 10.7. The van der Waals surface area contributed by atoms with Gasteiger partial charge in [0.1, 0.15) is 0 Å². The molecule has 0 aliphatic heterocycles. The van der Waals surface area contributed by atoms with Crippen LogP contribution in [-0.4, -0.2) is 25.5 Å². The highest BCUT2D eigenvalue weighted by molar-refractivity contribution is 5.76. The van der Waals surface area contributed by atoms with E-state index in [0.717, 1.165) is 30.2 Å². The minimum Gasteiger partial charge on any atom is -0.353 e. The van der Waals surface area contributed by atoms with Gasteiger partial charge in [-0.05, 0) is 56.4 Å². The largest absolute Gasteiger partial charge is 0.353 e. The molecule has 3 rings (SSSR count). The average molecular weight is 236 g/mol. The first-order chi connectivity index (χ1) is 8.29. The predicted molar refractivity (Wildman–Crippen MR) is 67.5 cm³/mol. The van der Waals surface area contributed by atoms with Crippen molar-refractivity contribution in [3.05, 3.63) is 0 Å². The molecule has 2 N–H and O–H groups in total. The Labute approximate surface area is 104 Å². The van der Waals surface area contributed by atoms with Crippen LogP contribution in [0, 0.1) is 23.7 Å². The highest BCUT2D eigenvalue weighted by atomic mass is 16.1. The van der Waals surface area contributed by atoms with Crippen molar-refractivity contribution >= 4 is 5.91 Å². The Kier molecular flexibility index (Phi) is 3.12. The average Bonchev–Trinajstić information content (AvgIpc) is 2.96. The summed E-state index contributed by atoms with van der Waals surface area (Å²) < 4.78 is 0. The van der Waals surface area contributed by atoms with Gasteiger partial charge in [-0.15, -0.1) is 0 Å². The predicted octanol–water partition coefficient (Wildman–Crippen LogP) is 1.54. The molecule has 2 bridgehead atoms. The topological polar surface area (TPSA) is 41.1 Å². The van der Waals surface area contributed by atoms with E-state index in [4.69, 9.17) is 0 Å². The second kappa shape index (κ2) is 4.60. The molecule has 0 aromatic carbocycles. The van der Waals surface area contributed by atoms with Crippen LogP contribution >= 0.6 is 0 Å². The van der Waals surface area contributed by atoms with Crippen LogP contribution in [0.25, 0.3) is 0 Å². The first-order valence-corrected chi connectivity index (χ1v) is 7.23. The molecule has 3 fully saturated rings.